The molecule has 0 bridgehead atoms. The van der Waals surface area contributed by atoms with Crippen molar-refractivity contribution in [3.05, 3.63) is 84.6 Å². The molecule has 0 aliphatic heterocycles. The van der Waals surface area contributed by atoms with Gasteiger partial charge in [0, 0.05) is 64.8 Å². The third-order valence-corrected chi connectivity index (χ3v) is 6.78. The molecule has 0 saturated heterocycles. The molecule has 2 aromatic carbocycles. The first-order valence-electron chi connectivity index (χ1n) is 12.5. The molecule has 0 amide bonds. The largest absolute Gasteiger partial charge is 0.384 e. The SMILES string of the molecule is Cc1ccncc1-c1ccc2[nH]nc(-c3cc4c(-c5cc(F)cc(NCCN(C)C)c5)nccc4[nH]3)c2c1. The lowest BCUT2D eigenvalue weighted by molar-refractivity contribution is 0.425. The Morgan fingerprint density at radius 2 is 1.76 bits per heavy atom. The molecule has 0 unspecified atom stereocenters. The molecule has 0 fully saturated rings. The predicted octanol–water partition coefficient (Wildman–Crippen LogP) is 6.26. The number of hydrogen-bond acceptors (Lipinski definition) is 5. The molecular weight excluding hydrogens is 477 g/mol. The molecule has 6 rings (SSSR count). The maximum Gasteiger partial charge on any atom is 0.125 e. The Balaban J connectivity index is 1.41. The van der Waals surface area contributed by atoms with E-state index in [2.05, 4.69) is 54.4 Å². The minimum absolute atomic E-state index is 0.305. The highest BCUT2D eigenvalue weighted by atomic mass is 19.1. The van der Waals surface area contributed by atoms with Crippen molar-refractivity contribution in [1.82, 2.24) is 30.0 Å². The van der Waals surface area contributed by atoms with Crippen LogP contribution in [0.5, 0.6) is 0 Å². The Bertz CT molecular complexity index is 1770. The molecule has 0 aliphatic rings. The van der Waals surface area contributed by atoms with Crippen molar-refractivity contribution < 1.29 is 4.39 Å². The molecule has 38 heavy (non-hydrogen) atoms. The highest BCUT2D eigenvalue weighted by molar-refractivity contribution is 6.01. The van der Waals surface area contributed by atoms with Crippen LogP contribution < -0.4 is 5.32 Å². The van der Waals surface area contributed by atoms with Gasteiger partial charge in [-0.1, -0.05) is 6.07 Å². The Morgan fingerprint density at radius 1 is 0.895 bits per heavy atom. The van der Waals surface area contributed by atoms with Gasteiger partial charge in [-0.15, -0.1) is 0 Å². The number of halogens is 1. The summed E-state index contributed by atoms with van der Waals surface area (Å²) < 4.78 is 14.6. The van der Waals surface area contributed by atoms with Crippen LogP contribution in [0.4, 0.5) is 10.1 Å². The van der Waals surface area contributed by atoms with Gasteiger partial charge in [-0.25, -0.2) is 4.39 Å². The Kier molecular flexibility index (Phi) is 6.09. The molecule has 3 N–H and O–H groups in total. The molecule has 0 saturated carbocycles. The first-order chi connectivity index (χ1) is 18.5. The molecular formula is C30H28FN7. The van der Waals surface area contributed by atoms with Gasteiger partial charge in [0.15, 0.2) is 0 Å². The van der Waals surface area contributed by atoms with Gasteiger partial charge < -0.3 is 15.2 Å². The number of nitrogens with zero attached hydrogens (tertiary/aromatic N) is 4. The number of H-pyrrole nitrogens is 2. The lowest BCUT2D eigenvalue weighted by Gasteiger charge is -2.12. The van der Waals surface area contributed by atoms with E-state index in [0.717, 1.165) is 67.7 Å². The first kappa shape index (κ1) is 23.8. The maximum absolute atomic E-state index is 14.6. The number of likely N-dealkylation sites (N-methyl/N-ethyl adjacent to an activating group) is 1. The molecule has 0 spiro atoms. The highest BCUT2D eigenvalue weighted by Gasteiger charge is 2.16. The highest BCUT2D eigenvalue weighted by Crippen LogP contribution is 2.35. The summed E-state index contributed by atoms with van der Waals surface area (Å²) in [6.07, 6.45) is 5.44. The Hall–Kier alpha value is -4.56. The van der Waals surface area contributed by atoms with Crippen LogP contribution in [-0.4, -0.2) is 57.2 Å². The first-order valence-corrected chi connectivity index (χ1v) is 12.5. The zero-order valence-corrected chi connectivity index (χ0v) is 21.5. The minimum atomic E-state index is -0.305. The van der Waals surface area contributed by atoms with E-state index >= 15 is 0 Å². The monoisotopic (exact) mass is 505 g/mol. The summed E-state index contributed by atoms with van der Waals surface area (Å²) in [6.45, 7) is 3.65. The van der Waals surface area contributed by atoms with Crippen molar-refractivity contribution in [2.45, 2.75) is 6.92 Å². The summed E-state index contributed by atoms with van der Waals surface area (Å²) in [6, 6.07) is 17.2. The predicted molar refractivity (Wildman–Crippen MR) is 152 cm³/mol. The Morgan fingerprint density at radius 3 is 2.61 bits per heavy atom. The number of benzene rings is 2. The van der Waals surface area contributed by atoms with Gasteiger partial charge in [0.2, 0.25) is 0 Å². The van der Waals surface area contributed by atoms with E-state index < -0.39 is 0 Å². The van der Waals surface area contributed by atoms with Gasteiger partial charge in [0.25, 0.3) is 0 Å². The third-order valence-electron chi connectivity index (χ3n) is 6.78. The van der Waals surface area contributed by atoms with Crippen molar-refractivity contribution in [3.8, 4) is 33.8 Å². The standard InChI is InChI=1S/C30H28FN7/c1-18-6-8-32-17-25(18)19-4-5-27-23(14-19)30(37-36-27)28-16-24-26(35-28)7-9-34-29(24)20-12-21(31)15-22(13-20)33-10-11-38(2)3/h4-9,12-17,33,35H,10-11H2,1-3H3,(H,36,37). The molecule has 7 nitrogen and oxygen atoms in total. The van der Waals surface area contributed by atoms with E-state index in [1.807, 2.05) is 50.6 Å². The van der Waals surface area contributed by atoms with Crippen LogP contribution in [0, 0.1) is 12.7 Å². The van der Waals surface area contributed by atoms with E-state index in [9.17, 15) is 4.39 Å². The van der Waals surface area contributed by atoms with Gasteiger partial charge in [0.1, 0.15) is 11.5 Å². The number of anilines is 1. The fraction of sp³-hybridized carbons (Fsp3) is 0.167. The Labute approximate surface area is 219 Å². The van der Waals surface area contributed by atoms with E-state index in [0.29, 0.717) is 12.2 Å². The second-order valence-electron chi connectivity index (χ2n) is 9.79. The van der Waals surface area contributed by atoms with Crippen LogP contribution >= 0.6 is 0 Å². The zero-order valence-electron chi connectivity index (χ0n) is 21.5. The molecule has 0 atom stereocenters. The summed E-state index contributed by atoms with van der Waals surface area (Å²) in [4.78, 5) is 14.5. The molecule has 6 aromatic rings. The average Bonchev–Trinajstić information content (AvgIpc) is 3.52. The number of fused-ring (bicyclic) bond motifs is 2. The van der Waals surface area contributed by atoms with Gasteiger partial charge in [-0.2, -0.15) is 5.10 Å². The lowest BCUT2D eigenvalue weighted by atomic mass is 10.0. The molecule has 8 heteroatoms. The normalized spacial score (nSPS) is 11.6. The second-order valence-corrected chi connectivity index (χ2v) is 9.79. The van der Waals surface area contributed by atoms with Crippen LogP contribution in [0.25, 0.3) is 55.6 Å². The fourth-order valence-corrected chi connectivity index (χ4v) is 4.82. The zero-order chi connectivity index (χ0) is 26.2. The topological polar surface area (TPSA) is 85.5 Å². The second kappa shape index (κ2) is 9.72. The molecule has 0 radical (unpaired) electrons. The van der Waals surface area contributed by atoms with Gasteiger partial charge in [-0.05, 0) is 80.7 Å². The minimum Gasteiger partial charge on any atom is -0.384 e. The van der Waals surface area contributed by atoms with Gasteiger partial charge in [0.05, 0.1) is 16.9 Å². The van der Waals surface area contributed by atoms with Crippen LogP contribution in [0.2, 0.25) is 0 Å². The number of aromatic amines is 2. The van der Waals surface area contributed by atoms with Gasteiger partial charge in [-0.3, -0.25) is 15.1 Å². The number of pyridine rings is 2. The van der Waals surface area contributed by atoms with E-state index in [4.69, 9.17) is 0 Å². The van der Waals surface area contributed by atoms with E-state index in [-0.39, 0.29) is 5.82 Å². The van der Waals surface area contributed by atoms with Crippen molar-refractivity contribution in [2.75, 3.05) is 32.5 Å². The summed E-state index contributed by atoms with van der Waals surface area (Å²) in [7, 11) is 4.02. The van der Waals surface area contributed by atoms with Crippen LogP contribution in [0.1, 0.15) is 5.56 Å². The van der Waals surface area contributed by atoms with E-state index in [1.54, 1.807) is 12.4 Å². The summed E-state index contributed by atoms with van der Waals surface area (Å²) in [5.41, 5.74) is 9.03. The summed E-state index contributed by atoms with van der Waals surface area (Å²) in [5, 5.41) is 13.0. The number of rotatable bonds is 7. The molecule has 190 valence electrons. The van der Waals surface area contributed by atoms with Crippen molar-refractivity contribution in [3.63, 3.8) is 0 Å². The fourth-order valence-electron chi connectivity index (χ4n) is 4.82. The molecule has 4 aromatic heterocycles. The smallest absolute Gasteiger partial charge is 0.125 e. The number of hydrogen-bond donors (Lipinski definition) is 3. The van der Waals surface area contributed by atoms with Crippen molar-refractivity contribution in [2.24, 2.45) is 0 Å². The third kappa shape index (κ3) is 4.50. The van der Waals surface area contributed by atoms with Crippen LogP contribution in [0.3, 0.4) is 0 Å². The molecule has 4 heterocycles. The quantitative estimate of drug-likeness (QED) is 0.239. The number of aromatic nitrogens is 5. The average molecular weight is 506 g/mol. The summed E-state index contributed by atoms with van der Waals surface area (Å²) >= 11 is 0. The van der Waals surface area contributed by atoms with Crippen molar-refractivity contribution in [1.29, 1.82) is 0 Å². The van der Waals surface area contributed by atoms with Crippen molar-refractivity contribution >= 4 is 27.5 Å². The van der Waals surface area contributed by atoms with Gasteiger partial charge >= 0.3 is 0 Å². The molecule has 0 aliphatic carbocycles. The van der Waals surface area contributed by atoms with Crippen LogP contribution in [0.15, 0.2) is 73.2 Å². The van der Waals surface area contributed by atoms with Crippen LogP contribution in [-0.2, 0) is 0 Å². The number of aryl methyl sites for hydroxylation is 1. The number of nitrogens with one attached hydrogen (secondary N) is 3. The summed E-state index contributed by atoms with van der Waals surface area (Å²) in [5.74, 6) is -0.305. The maximum atomic E-state index is 14.6. The van der Waals surface area contributed by atoms with E-state index in [1.165, 1.54) is 12.1 Å². The lowest BCUT2D eigenvalue weighted by Crippen LogP contribution is -2.20.